The van der Waals surface area contributed by atoms with Crippen LogP contribution in [-0.4, -0.2) is 9.97 Å². The van der Waals surface area contributed by atoms with Crippen molar-refractivity contribution in [2.75, 3.05) is 5.73 Å². The first-order chi connectivity index (χ1) is 9.31. The summed E-state index contributed by atoms with van der Waals surface area (Å²) in [6, 6.07) is 16.3. The number of benzene rings is 2. The lowest BCUT2D eigenvalue weighted by Crippen LogP contribution is -1.91. The lowest BCUT2D eigenvalue weighted by Gasteiger charge is -1.99. The summed E-state index contributed by atoms with van der Waals surface area (Å²) in [5.41, 5.74) is 9.92. The number of hydrogen-bond donors (Lipinski definition) is 2. The average molecular weight is 251 g/mol. The Morgan fingerprint density at radius 1 is 1.00 bits per heavy atom. The topological polar surface area (TPSA) is 54.7 Å². The predicted molar refractivity (Wildman–Crippen MR) is 79.0 cm³/mol. The van der Waals surface area contributed by atoms with Crippen LogP contribution in [0.4, 0.5) is 5.69 Å². The van der Waals surface area contributed by atoms with Gasteiger partial charge >= 0.3 is 0 Å². The summed E-state index contributed by atoms with van der Waals surface area (Å²) in [7, 11) is 0. The molecule has 0 aliphatic carbocycles. The number of H-pyrrole nitrogens is 1. The van der Waals surface area contributed by atoms with Gasteiger partial charge in [-0.25, -0.2) is 4.98 Å². The SMILES string of the molecule is Nc1ccc2nc(CCCc3ccccc3)[nH]c2c1. The molecule has 3 rings (SSSR count). The van der Waals surface area contributed by atoms with Crippen LogP contribution in [0.3, 0.4) is 0 Å². The number of fused-ring (bicyclic) bond motifs is 1. The van der Waals surface area contributed by atoms with Crippen molar-refractivity contribution < 1.29 is 0 Å². The van der Waals surface area contributed by atoms with Crippen LogP contribution in [0.25, 0.3) is 11.0 Å². The van der Waals surface area contributed by atoms with E-state index in [4.69, 9.17) is 5.73 Å². The van der Waals surface area contributed by atoms with Crippen LogP contribution >= 0.6 is 0 Å². The number of aryl methyl sites for hydroxylation is 2. The van der Waals surface area contributed by atoms with Gasteiger partial charge < -0.3 is 10.7 Å². The molecule has 3 nitrogen and oxygen atoms in total. The number of aromatic amines is 1. The van der Waals surface area contributed by atoms with E-state index < -0.39 is 0 Å². The van der Waals surface area contributed by atoms with Crippen LogP contribution in [0, 0.1) is 0 Å². The minimum Gasteiger partial charge on any atom is -0.399 e. The summed E-state index contributed by atoms with van der Waals surface area (Å²) in [6.45, 7) is 0. The maximum atomic E-state index is 5.76. The van der Waals surface area contributed by atoms with Gasteiger partial charge in [0, 0.05) is 12.1 Å². The predicted octanol–water partition coefficient (Wildman–Crippen LogP) is 3.32. The Balaban J connectivity index is 1.65. The number of nitrogen functional groups attached to an aromatic ring is 1. The molecule has 0 bridgehead atoms. The zero-order valence-electron chi connectivity index (χ0n) is 10.8. The van der Waals surface area contributed by atoms with Gasteiger partial charge in [-0.2, -0.15) is 0 Å². The summed E-state index contributed by atoms with van der Waals surface area (Å²) in [5, 5.41) is 0. The van der Waals surface area contributed by atoms with E-state index >= 15 is 0 Å². The summed E-state index contributed by atoms with van der Waals surface area (Å²) in [5.74, 6) is 1.04. The Labute approximate surface area is 112 Å². The normalized spacial score (nSPS) is 10.9. The van der Waals surface area contributed by atoms with Crippen molar-refractivity contribution in [1.82, 2.24) is 9.97 Å². The van der Waals surface area contributed by atoms with Gasteiger partial charge in [0.1, 0.15) is 5.82 Å². The molecular formula is C16H17N3. The molecule has 0 saturated carbocycles. The van der Waals surface area contributed by atoms with Gasteiger partial charge in [0.2, 0.25) is 0 Å². The molecule has 1 heterocycles. The van der Waals surface area contributed by atoms with Crippen LogP contribution in [-0.2, 0) is 12.8 Å². The highest BCUT2D eigenvalue weighted by Gasteiger charge is 2.03. The van der Waals surface area contributed by atoms with Crippen LogP contribution in [0.15, 0.2) is 48.5 Å². The van der Waals surface area contributed by atoms with Gasteiger partial charge in [-0.15, -0.1) is 0 Å². The third-order valence-electron chi connectivity index (χ3n) is 3.28. The molecule has 0 spiro atoms. The fraction of sp³-hybridized carbons (Fsp3) is 0.188. The lowest BCUT2D eigenvalue weighted by molar-refractivity contribution is 0.786. The monoisotopic (exact) mass is 251 g/mol. The van der Waals surface area contributed by atoms with Gasteiger partial charge in [-0.1, -0.05) is 30.3 Å². The Morgan fingerprint density at radius 2 is 1.84 bits per heavy atom. The molecule has 96 valence electrons. The summed E-state index contributed by atoms with van der Waals surface area (Å²) in [4.78, 5) is 7.91. The van der Waals surface area contributed by atoms with Crippen LogP contribution in [0.5, 0.6) is 0 Å². The average Bonchev–Trinajstić information content (AvgIpc) is 2.82. The first-order valence-electron chi connectivity index (χ1n) is 6.59. The standard InChI is InChI=1S/C16H17N3/c17-13-9-10-14-15(11-13)19-16(18-14)8-4-7-12-5-2-1-3-6-12/h1-3,5-6,9-11H,4,7-8,17H2,(H,18,19). The molecule has 0 amide bonds. The van der Waals surface area contributed by atoms with Crippen LogP contribution in [0.1, 0.15) is 17.8 Å². The molecule has 3 aromatic rings. The van der Waals surface area contributed by atoms with E-state index in [0.717, 1.165) is 41.8 Å². The summed E-state index contributed by atoms with van der Waals surface area (Å²) >= 11 is 0. The molecule has 0 atom stereocenters. The second-order valence-corrected chi connectivity index (χ2v) is 4.80. The zero-order valence-corrected chi connectivity index (χ0v) is 10.8. The van der Waals surface area contributed by atoms with E-state index in [2.05, 4.69) is 34.2 Å². The second kappa shape index (κ2) is 5.14. The number of aromatic nitrogens is 2. The van der Waals surface area contributed by atoms with Gasteiger partial charge in [0.05, 0.1) is 11.0 Å². The van der Waals surface area contributed by atoms with E-state index in [1.165, 1.54) is 5.56 Å². The molecule has 3 heteroatoms. The van der Waals surface area contributed by atoms with Crippen molar-refractivity contribution in [3.05, 3.63) is 59.9 Å². The van der Waals surface area contributed by atoms with Crippen molar-refractivity contribution in [3.63, 3.8) is 0 Å². The van der Waals surface area contributed by atoms with E-state index in [-0.39, 0.29) is 0 Å². The van der Waals surface area contributed by atoms with Gasteiger partial charge in [0.25, 0.3) is 0 Å². The lowest BCUT2D eigenvalue weighted by atomic mass is 10.1. The minimum atomic E-state index is 0.770. The maximum Gasteiger partial charge on any atom is 0.107 e. The Bertz CT molecular complexity index is 671. The number of hydrogen-bond acceptors (Lipinski definition) is 2. The Kier molecular flexibility index (Phi) is 3.19. The number of imidazole rings is 1. The highest BCUT2D eigenvalue weighted by Crippen LogP contribution is 2.16. The number of nitrogens with one attached hydrogen (secondary N) is 1. The minimum absolute atomic E-state index is 0.770. The number of nitrogens with zero attached hydrogens (tertiary/aromatic N) is 1. The molecule has 2 aromatic carbocycles. The molecular weight excluding hydrogens is 234 g/mol. The second-order valence-electron chi connectivity index (χ2n) is 4.80. The van der Waals surface area contributed by atoms with Crippen molar-refractivity contribution in [2.24, 2.45) is 0 Å². The maximum absolute atomic E-state index is 5.76. The molecule has 0 aliphatic heterocycles. The number of anilines is 1. The van der Waals surface area contributed by atoms with Gasteiger partial charge in [0.15, 0.2) is 0 Å². The third kappa shape index (κ3) is 2.76. The smallest absolute Gasteiger partial charge is 0.107 e. The molecule has 0 fully saturated rings. The van der Waals surface area contributed by atoms with E-state index in [9.17, 15) is 0 Å². The largest absolute Gasteiger partial charge is 0.399 e. The zero-order chi connectivity index (χ0) is 13.1. The van der Waals surface area contributed by atoms with Crippen LogP contribution in [0.2, 0.25) is 0 Å². The van der Waals surface area contributed by atoms with Gasteiger partial charge in [-0.3, -0.25) is 0 Å². The fourth-order valence-electron chi connectivity index (χ4n) is 2.30. The quantitative estimate of drug-likeness (QED) is 0.699. The number of nitrogens with two attached hydrogens (primary N) is 1. The summed E-state index contributed by atoms with van der Waals surface area (Å²) in [6.07, 6.45) is 3.14. The molecule has 0 saturated heterocycles. The highest BCUT2D eigenvalue weighted by molar-refractivity contribution is 5.78. The molecule has 0 aliphatic rings. The van der Waals surface area contributed by atoms with Crippen molar-refractivity contribution in [1.29, 1.82) is 0 Å². The first-order valence-corrected chi connectivity index (χ1v) is 6.59. The molecule has 0 radical (unpaired) electrons. The van der Waals surface area contributed by atoms with Crippen molar-refractivity contribution in [3.8, 4) is 0 Å². The molecule has 1 aromatic heterocycles. The summed E-state index contributed by atoms with van der Waals surface area (Å²) < 4.78 is 0. The van der Waals surface area contributed by atoms with E-state index in [1.54, 1.807) is 0 Å². The highest BCUT2D eigenvalue weighted by atomic mass is 14.9. The van der Waals surface area contributed by atoms with E-state index in [1.807, 2.05) is 24.3 Å². The fourth-order valence-corrected chi connectivity index (χ4v) is 2.30. The van der Waals surface area contributed by atoms with Crippen molar-refractivity contribution >= 4 is 16.7 Å². The molecule has 0 unspecified atom stereocenters. The van der Waals surface area contributed by atoms with Gasteiger partial charge in [-0.05, 0) is 36.6 Å². The Morgan fingerprint density at radius 3 is 2.68 bits per heavy atom. The van der Waals surface area contributed by atoms with Crippen molar-refractivity contribution in [2.45, 2.75) is 19.3 Å². The Hall–Kier alpha value is -2.29. The first kappa shape index (κ1) is 11.8. The third-order valence-corrected chi connectivity index (χ3v) is 3.28. The van der Waals surface area contributed by atoms with Crippen LogP contribution < -0.4 is 5.73 Å². The molecule has 3 N–H and O–H groups in total. The molecule has 19 heavy (non-hydrogen) atoms. The van der Waals surface area contributed by atoms with E-state index in [0.29, 0.717) is 0 Å². The number of rotatable bonds is 4.